The van der Waals surface area contributed by atoms with Crippen LogP contribution in [0.25, 0.3) is 22.3 Å². The van der Waals surface area contributed by atoms with Gasteiger partial charge in [0.1, 0.15) is 0 Å². The number of ether oxygens (including phenoxy) is 1. The van der Waals surface area contributed by atoms with E-state index in [-0.39, 0.29) is 11.9 Å². The summed E-state index contributed by atoms with van der Waals surface area (Å²) in [4.78, 5) is 24.3. The molecule has 7 heteroatoms. The van der Waals surface area contributed by atoms with Gasteiger partial charge in [0.2, 0.25) is 17.7 Å². The molecule has 3 N–H and O–H groups in total. The first-order valence-electron chi connectivity index (χ1n) is 8.53. The number of nitrogens with one attached hydrogen (secondary N) is 1. The number of benzene rings is 1. The first-order valence-corrected chi connectivity index (χ1v) is 8.53. The minimum absolute atomic E-state index is 0.103. The van der Waals surface area contributed by atoms with E-state index >= 15 is 0 Å². The van der Waals surface area contributed by atoms with Gasteiger partial charge in [0.15, 0.2) is 5.52 Å². The highest BCUT2D eigenvalue weighted by Gasteiger charge is 2.23. The lowest BCUT2D eigenvalue weighted by atomic mass is 10.1. The van der Waals surface area contributed by atoms with E-state index in [0.717, 1.165) is 16.9 Å². The van der Waals surface area contributed by atoms with E-state index < -0.39 is 0 Å². The van der Waals surface area contributed by atoms with Crippen LogP contribution in [-0.2, 0) is 4.79 Å². The second-order valence-electron chi connectivity index (χ2n) is 6.46. The van der Waals surface area contributed by atoms with Gasteiger partial charge in [-0.2, -0.15) is 4.98 Å². The molecule has 1 amide bonds. The summed E-state index contributed by atoms with van der Waals surface area (Å²) in [6.45, 7) is 2.11. The smallest absolute Gasteiger partial charge is 0.245 e. The SMILES string of the molecule is CC(=O)Nc1ccc(-c2ccc3nc(N)nc(OCC4CC4)c3n2)cc1. The fraction of sp³-hybridized carbons (Fsp3) is 0.263. The number of fused-ring (bicyclic) bond motifs is 1. The normalized spacial score (nSPS) is 13.6. The molecule has 0 aliphatic heterocycles. The zero-order valence-electron chi connectivity index (χ0n) is 14.4. The summed E-state index contributed by atoms with van der Waals surface area (Å²) < 4.78 is 5.84. The molecule has 1 aliphatic carbocycles. The van der Waals surface area contributed by atoms with Crippen LogP contribution < -0.4 is 15.8 Å². The highest BCUT2D eigenvalue weighted by Crippen LogP contribution is 2.31. The first-order chi connectivity index (χ1) is 12.6. The summed E-state index contributed by atoms with van der Waals surface area (Å²) in [6.07, 6.45) is 2.38. The molecule has 2 aromatic heterocycles. The van der Waals surface area contributed by atoms with Crippen molar-refractivity contribution in [2.75, 3.05) is 17.7 Å². The van der Waals surface area contributed by atoms with Crippen molar-refractivity contribution < 1.29 is 9.53 Å². The Bertz CT molecular complexity index is 968. The van der Waals surface area contributed by atoms with Crippen molar-refractivity contribution in [1.82, 2.24) is 15.0 Å². The molecule has 3 aromatic rings. The van der Waals surface area contributed by atoms with Crippen molar-refractivity contribution in [1.29, 1.82) is 0 Å². The molecule has 4 rings (SSSR count). The van der Waals surface area contributed by atoms with Crippen LogP contribution in [0, 0.1) is 5.92 Å². The summed E-state index contributed by atoms with van der Waals surface area (Å²) in [7, 11) is 0. The molecule has 132 valence electrons. The van der Waals surface area contributed by atoms with Gasteiger partial charge in [-0.15, -0.1) is 0 Å². The van der Waals surface area contributed by atoms with Crippen molar-refractivity contribution in [3.63, 3.8) is 0 Å². The highest BCUT2D eigenvalue weighted by atomic mass is 16.5. The number of nitrogen functional groups attached to an aromatic ring is 1. The summed E-state index contributed by atoms with van der Waals surface area (Å²) in [5.41, 5.74) is 9.48. The summed E-state index contributed by atoms with van der Waals surface area (Å²) in [5, 5.41) is 2.75. The molecule has 1 fully saturated rings. The second kappa shape index (κ2) is 6.59. The average Bonchev–Trinajstić information content (AvgIpc) is 3.44. The molecule has 0 spiro atoms. The Labute approximate surface area is 150 Å². The summed E-state index contributed by atoms with van der Waals surface area (Å²) >= 11 is 0. The number of hydrogen-bond donors (Lipinski definition) is 2. The number of anilines is 2. The van der Waals surface area contributed by atoms with Crippen molar-refractivity contribution in [2.24, 2.45) is 5.92 Å². The third kappa shape index (κ3) is 3.56. The molecule has 0 radical (unpaired) electrons. The van der Waals surface area contributed by atoms with Gasteiger partial charge in [0, 0.05) is 18.2 Å². The molecule has 0 unspecified atom stereocenters. The van der Waals surface area contributed by atoms with Crippen LogP contribution in [0.15, 0.2) is 36.4 Å². The number of aromatic nitrogens is 3. The Morgan fingerprint density at radius 1 is 1.15 bits per heavy atom. The first kappa shape index (κ1) is 16.3. The summed E-state index contributed by atoms with van der Waals surface area (Å²) in [6, 6.07) is 11.2. The van der Waals surface area contributed by atoms with E-state index in [9.17, 15) is 4.79 Å². The lowest BCUT2D eigenvalue weighted by Gasteiger charge is -2.09. The van der Waals surface area contributed by atoms with Crippen LogP contribution in [0.5, 0.6) is 5.88 Å². The molecule has 2 heterocycles. The van der Waals surface area contributed by atoms with Crippen LogP contribution in [-0.4, -0.2) is 27.5 Å². The van der Waals surface area contributed by atoms with Gasteiger partial charge in [-0.3, -0.25) is 4.79 Å². The topological polar surface area (TPSA) is 103 Å². The van der Waals surface area contributed by atoms with Gasteiger partial charge in [0.05, 0.1) is 17.8 Å². The molecular weight excluding hydrogens is 330 g/mol. The number of carbonyl (C=O) groups is 1. The van der Waals surface area contributed by atoms with Crippen molar-refractivity contribution in [2.45, 2.75) is 19.8 Å². The fourth-order valence-electron chi connectivity index (χ4n) is 2.68. The van der Waals surface area contributed by atoms with Crippen molar-refractivity contribution >= 4 is 28.6 Å². The Morgan fingerprint density at radius 2 is 1.92 bits per heavy atom. The zero-order valence-corrected chi connectivity index (χ0v) is 14.4. The lowest BCUT2D eigenvalue weighted by molar-refractivity contribution is -0.114. The van der Waals surface area contributed by atoms with E-state index in [1.165, 1.54) is 19.8 Å². The molecule has 1 aromatic carbocycles. The van der Waals surface area contributed by atoms with Crippen molar-refractivity contribution in [3.8, 4) is 17.1 Å². The van der Waals surface area contributed by atoms with Crippen molar-refractivity contribution in [3.05, 3.63) is 36.4 Å². The Hall–Kier alpha value is -3.22. The summed E-state index contributed by atoms with van der Waals surface area (Å²) in [5.74, 6) is 1.10. The Kier molecular flexibility index (Phi) is 4.12. The third-order valence-corrected chi connectivity index (χ3v) is 4.18. The van der Waals surface area contributed by atoms with Gasteiger partial charge in [0.25, 0.3) is 0 Å². The van der Waals surface area contributed by atoms with Crippen LogP contribution >= 0.6 is 0 Å². The largest absolute Gasteiger partial charge is 0.476 e. The van der Waals surface area contributed by atoms with Gasteiger partial charge < -0.3 is 15.8 Å². The maximum absolute atomic E-state index is 11.1. The number of amides is 1. The standard InChI is InChI=1S/C19H19N5O2/c1-11(25)21-14-6-4-13(5-7-14)15-8-9-16-17(22-15)18(24-19(20)23-16)26-10-12-2-3-12/h4-9,12H,2-3,10H2,1H3,(H,21,25)(H2,20,23,24). The molecule has 1 saturated carbocycles. The van der Waals surface area contributed by atoms with Gasteiger partial charge in [-0.05, 0) is 43.0 Å². The highest BCUT2D eigenvalue weighted by molar-refractivity contribution is 5.89. The molecular formula is C19H19N5O2. The van der Waals surface area contributed by atoms with Crippen LogP contribution in [0.4, 0.5) is 11.6 Å². The number of hydrogen-bond acceptors (Lipinski definition) is 6. The van der Waals surface area contributed by atoms with E-state index in [2.05, 4.69) is 20.3 Å². The lowest BCUT2D eigenvalue weighted by Crippen LogP contribution is -2.06. The third-order valence-electron chi connectivity index (χ3n) is 4.18. The number of nitrogens with zero attached hydrogens (tertiary/aromatic N) is 3. The fourth-order valence-corrected chi connectivity index (χ4v) is 2.68. The monoisotopic (exact) mass is 349 g/mol. The van der Waals surface area contributed by atoms with E-state index in [4.69, 9.17) is 10.5 Å². The maximum atomic E-state index is 11.1. The van der Waals surface area contributed by atoms with E-state index in [1.807, 2.05) is 36.4 Å². The molecule has 0 bridgehead atoms. The average molecular weight is 349 g/mol. The molecule has 1 aliphatic rings. The van der Waals surface area contributed by atoms with E-state index in [0.29, 0.717) is 29.4 Å². The molecule has 0 atom stereocenters. The Balaban J connectivity index is 1.68. The quantitative estimate of drug-likeness (QED) is 0.734. The van der Waals surface area contributed by atoms with E-state index in [1.54, 1.807) is 0 Å². The van der Waals surface area contributed by atoms with Gasteiger partial charge >= 0.3 is 0 Å². The molecule has 7 nitrogen and oxygen atoms in total. The predicted molar refractivity (Wildman–Crippen MR) is 99.7 cm³/mol. The van der Waals surface area contributed by atoms with Crippen LogP contribution in [0.2, 0.25) is 0 Å². The van der Waals surface area contributed by atoms with Crippen LogP contribution in [0.1, 0.15) is 19.8 Å². The molecule has 26 heavy (non-hydrogen) atoms. The molecule has 0 saturated heterocycles. The Morgan fingerprint density at radius 3 is 2.62 bits per heavy atom. The minimum atomic E-state index is -0.103. The number of pyridine rings is 1. The number of rotatable bonds is 5. The van der Waals surface area contributed by atoms with Crippen LogP contribution in [0.3, 0.4) is 0 Å². The second-order valence-corrected chi connectivity index (χ2v) is 6.46. The maximum Gasteiger partial charge on any atom is 0.245 e. The number of carbonyl (C=O) groups excluding carboxylic acids is 1. The van der Waals surface area contributed by atoms with Gasteiger partial charge in [-0.25, -0.2) is 9.97 Å². The number of nitrogens with two attached hydrogens (primary N) is 1. The van der Waals surface area contributed by atoms with Gasteiger partial charge in [-0.1, -0.05) is 12.1 Å². The predicted octanol–water partition coefficient (Wildman–Crippen LogP) is 3.02. The zero-order chi connectivity index (χ0) is 18.1. The minimum Gasteiger partial charge on any atom is -0.476 e.